The molecule has 0 saturated carbocycles. The highest BCUT2D eigenvalue weighted by Gasteiger charge is 2.47. The largest absolute Gasteiger partial charge is 0.497 e. The van der Waals surface area contributed by atoms with Crippen molar-refractivity contribution in [2.45, 2.75) is 5.92 Å². The fraction of sp³-hybridized carbons (Fsp3) is 0.286. The molecule has 0 unspecified atom stereocenters. The van der Waals surface area contributed by atoms with Crippen LogP contribution in [0, 0.1) is 11.8 Å². The molecule has 0 bridgehead atoms. The van der Waals surface area contributed by atoms with Crippen molar-refractivity contribution in [3.05, 3.63) is 29.8 Å². The SMILES string of the molecule is COc1ccc(C(C(C(=O)O)C(=O)O)C(C(=O)O)C(=O)O)cc1. The summed E-state index contributed by atoms with van der Waals surface area (Å²) in [5.41, 5.74) is -0.0459. The molecule has 23 heavy (non-hydrogen) atoms. The second-order valence-corrected chi connectivity index (χ2v) is 4.61. The van der Waals surface area contributed by atoms with Gasteiger partial charge in [-0.15, -0.1) is 0 Å². The molecule has 0 aromatic heterocycles. The highest BCUT2D eigenvalue weighted by molar-refractivity contribution is 5.99. The fourth-order valence-electron chi connectivity index (χ4n) is 2.23. The summed E-state index contributed by atoms with van der Waals surface area (Å²) in [5.74, 6) is -13.2. The second-order valence-electron chi connectivity index (χ2n) is 4.61. The van der Waals surface area contributed by atoms with Crippen molar-refractivity contribution in [1.29, 1.82) is 0 Å². The van der Waals surface area contributed by atoms with Crippen LogP contribution in [0.25, 0.3) is 0 Å². The Labute approximate surface area is 129 Å². The van der Waals surface area contributed by atoms with E-state index in [4.69, 9.17) is 25.2 Å². The molecule has 124 valence electrons. The number of methoxy groups -OCH3 is 1. The number of rotatable bonds is 8. The maximum atomic E-state index is 11.2. The summed E-state index contributed by atoms with van der Waals surface area (Å²) in [6, 6.07) is 5.18. The predicted octanol–water partition coefficient (Wildman–Crippen LogP) is 0.350. The molecule has 0 aliphatic rings. The van der Waals surface area contributed by atoms with E-state index in [1.54, 1.807) is 0 Å². The summed E-state index contributed by atoms with van der Waals surface area (Å²) >= 11 is 0. The van der Waals surface area contributed by atoms with E-state index in [9.17, 15) is 19.2 Å². The Morgan fingerprint density at radius 3 is 1.39 bits per heavy atom. The molecule has 0 heterocycles. The lowest BCUT2D eigenvalue weighted by Gasteiger charge is -2.25. The Bertz CT molecular complexity index is 560. The molecule has 0 amide bonds. The number of benzene rings is 1. The zero-order valence-electron chi connectivity index (χ0n) is 11.9. The van der Waals surface area contributed by atoms with Crippen molar-refractivity contribution in [2.24, 2.45) is 11.8 Å². The van der Waals surface area contributed by atoms with Gasteiger partial charge < -0.3 is 25.2 Å². The van der Waals surface area contributed by atoms with Crippen LogP contribution in [0.1, 0.15) is 11.5 Å². The van der Waals surface area contributed by atoms with Crippen molar-refractivity contribution in [1.82, 2.24) is 0 Å². The molecule has 1 aromatic rings. The van der Waals surface area contributed by atoms with Crippen molar-refractivity contribution < 1.29 is 44.3 Å². The summed E-state index contributed by atoms with van der Waals surface area (Å²) in [7, 11) is 1.36. The topological polar surface area (TPSA) is 158 Å². The van der Waals surface area contributed by atoms with Crippen molar-refractivity contribution in [3.8, 4) is 5.75 Å². The van der Waals surface area contributed by atoms with Gasteiger partial charge in [-0.25, -0.2) is 0 Å². The second kappa shape index (κ2) is 7.25. The van der Waals surface area contributed by atoms with Gasteiger partial charge in [-0.05, 0) is 17.7 Å². The summed E-state index contributed by atoms with van der Waals surface area (Å²) < 4.78 is 4.89. The number of hydrogen-bond donors (Lipinski definition) is 4. The molecule has 0 atom stereocenters. The van der Waals surface area contributed by atoms with Gasteiger partial charge in [-0.2, -0.15) is 0 Å². The van der Waals surface area contributed by atoms with E-state index in [1.807, 2.05) is 0 Å². The maximum Gasteiger partial charge on any atom is 0.318 e. The highest BCUT2D eigenvalue weighted by Crippen LogP contribution is 2.34. The molecule has 9 nitrogen and oxygen atoms in total. The van der Waals surface area contributed by atoms with E-state index >= 15 is 0 Å². The predicted molar refractivity (Wildman–Crippen MR) is 73.3 cm³/mol. The normalized spacial score (nSPS) is 10.8. The van der Waals surface area contributed by atoms with Crippen molar-refractivity contribution >= 4 is 23.9 Å². The standard InChI is InChI=1S/C14H14O9/c1-23-7-4-2-6(3-5-7)8(9(11(15)16)12(17)18)10(13(19)20)14(21)22/h2-5,8-10H,1H3,(H,15,16)(H,17,18)(H,19,20)(H,21,22). The molecule has 0 aliphatic carbocycles. The van der Waals surface area contributed by atoms with Crippen molar-refractivity contribution in [3.63, 3.8) is 0 Å². The summed E-state index contributed by atoms with van der Waals surface area (Å²) in [4.78, 5) is 44.9. The van der Waals surface area contributed by atoms with Gasteiger partial charge in [-0.1, -0.05) is 12.1 Å². The van der Waals surface area contributed by atoms with Gasteiger partial charge >= 0.3 is 23.9 Å². The van der Waals surface area contributed by atoms with Gasteiger partial charge in [0.05, 0.1) is 7.11 Å². The van der Waals surface area contributed by atoms with E-state index in [1.165, 1.54) is 31.4 Å². The maximum absolute atomic E-state index is 11.2. The molecule has 1 aromatic carbocycles. The first kappa shape index (κ1) is 18.0. The first-order chi connectivity index (χ1) is 10.7. The van der Waals surface area contributed by atoms with Crippen LogP contribution in [0.2, 0.25) is 0 Å². The average molecular weight is 326 g/mol. The number of carboxylic acid groups (broad SMARTS) is 4. The van der Waals surface area contributed by atoms with E-state index < -0.39 is 41.6 Å². The summed E-state index contributed by atoms with van der Waals surface area (Å²) in [5, 5.41) is 36.4. The van der Waals surface area contributed by atoms with Crippen LogP contribution in [-0.2, 0) is 19.2 Å². The van der Waals surface area contributed by atoms with Crippen LogP contribution >= 0.6 is 0 Å². The number of carbonyl (C=O) groups is 4. The van der Waals surface area contributed by atoms with Crippen LogP contribution in [0.5, 0.6) is 5.75 Å². The smallest absolute Gasteiger partial charge is 0.318 e. The number of hydrogen-bond acceptors (Lipinski definition) is 5. The Kier molecular flexibility index (Phi) is 5.66. The first-order valence-electron chi connectivity index (χ1n) is 6.25. The molecule has 0 fully saturated rings. The van der Waals surface area contributed by atoms with Crippen molar-refractivity contribution in [2.75, 3.05) is 7.11 Å². The Morgan fingerprint density at radius 1 is 0.783 bits per heavy atom. The zero-order chi connectivity index (χ0) is 17.7. The highest BCUT2D eigenvalue weighted by atomic mass is 16.5. The number of ether oxygens (including phenoxy) is 1. The average Bonchev–Trinajstić information content (AvgIpc) is 2.45. The molecular formula is C14H14O9. The molecule has 9 heteroatoms. The van der Waals surface area contributed by atoms with Gasteiger partial charge in [0.15, 0.2) is 11.8 Å². The van der Waals surface area contributed by atoms with Crippen LogP contribution in [0.3, 0.4) is 0 Å². The van der Waals surface area contributed by atoms with Crippen LogP contribution in [0.15, 0.2) is 24.3 Å². The van der Waals surface area contributed by atoms with E-state index in [0.29, 0.717) is 5.75 Å². The molecule has 4 N–H and O–H groups in total. The third-order valence-corrected chi connectivity index (χ3v) is 3.28. The minimum atomic E-state index is -2.24. The monoisotopic (exact) mass is 326 g/mol. The van der Waals surface area contributed by atoms with E-state index in [-0.39, 0.29) is 5.56 Å². The molecule has 0 aliphatic heterocycles. The lowest BCUT2D eigenvalue weighted by atomic mass is 9.76. The van der Waals surface area contributed by atoms with E-state index in [2.05, 4.69) is 0 Å². The third-order valence-electron chi connectivity index (χ3n) is 3.28. The van der Waals surface area contributed by atoms with E-state index in [0.717, 1.165) is 0 Å². The fourth-order valence-corrected chi connectivity index (χ4v) is 2.23. The van der Waals surface area contributed by atoms with Crippen LogP contribution in [-0.4, -0.2) is 51.4 Å². The molecule has 1 rings (SSSR count). The summed E-state index contributed by atoms with van der Waals surface area (Å²) in [6.45, 7) is 0. The summed E-state index contributed by atoms with van der Waals surface area (Å²) in [6.07, 6.45) is 0. The van der Waals surface area contributed by atoms with Crippen LogP contribution < -0.4 is 4.74 Å². The third kappa shape index (κ3) is 3.96. The quantitative estimate of drug-likeness (QED) is 0.494. The van der Waals surface area contributed by atoms with Gasteiger partial charge in [0, 0.05) is 5.92 Å². The minimum Gasteiger partial charge on any atom is -0.497 e. The molecular weight excluding hydrogens is 312 g/mol. The van der Waals surface area contributed by atoms with Gasteiger partial charge in [0.25, 0.3) is 0 Å². The molecule has 0 spiro atoms. The lowest BCUT2D eigenvalue weighted by molar-refractivity contribution is -0.161. The molecule has 0 saturated heterocycles. The number of carboxylic acids is 4. The van der Waals surface area contributed by atoms with Gasteiger partial charge in [0.1, 0.15) is 5.75 Å². The first-order valence-corrected chi connectivity index (χ1v) is 6.25. The number of aliphatic carboxylic acids is 4. The minimum absolute atomic E-state index is 0.0459. The van der Waals surface area contributed by atoms with Gasteiger partial charge in [-0.3, -0.25) is 19.2 Å². The Morgan fingerprint density at radius 2 is 1.13 bits per heavy atom. The van der Waals surface area contributed by atoms with Crippen LogP contribution in [0.4, 0.5) is 0 Å². The molecule has 0 radical (unpaired) electrons. The van der Waals surface area contributed by atoms with Gasteiger partial charge in [0.2, 0.25) is 0 Å². The zero-order valence-corrected chi connectivity index (χ0v) is 11.9. The Hall–Kier alpha value is -3.10. The lowest BCUT2D eigenvalue weighted by Crippen LogP contribution is -2.40. The Balaban J connectivity index is 3.50.